The fourth-order valence-electron chi connectivity index (χ4n) is 1.61. The van der Waals surface area contributed by atoms with Crippen LogP contribution in [0.2, 0.25) is 0 Å². The van der Waals surface area contributed by atoms with Crippen molar-refractivity contribution in [1.82, 2.24) is 15.1 Å². The highest BCUT2D eigenvalue weighted by Gasteiger charge is 2.18. The molecule has 2 heterocycles. The predicted octanol–water partition coefficient (Wildman–Crippen LogP) is 1.36. The molecule has 0 saturated carbocycles. The standard InChI is InChI=1S/C10H16N4OS/c1-7-9(5-11-14(7)2)13-10(15)12-8-3-4-16-6-8/h5,8H,3-4,6H2,1-2H3,(H2,12,13,15)/t8-/m1/s1. The van der Waals surface area contributed by atoms with E-state index in [1.54, 1.807) is 10.9 Å². The van der Waals surface area contributed by atoms with Crippen LogP contribution in [-0.2, 0) is 7.05 Å². The zero-order valence-corrected chi connectivity index (χ0v) is 10.3. The highest BCUT2D eigenvalue weighted by Crippen LogP contribution is 2.17. The van der Waals surface area contributed by atoms with Gasteiger partial charge in [0.05, 0.1) is 17.6 Å². The van der Waals surface area contributed by atoms with Gasteiger partial charge in [-0.25, -0.2) is 4.79 Å². The Kier molecular flexibility index (Phi) is 3.38. The van der Waals surface area contributed by atoms with Crippen molar-refractivity contribution in [1.29, 1.82) is 0 Å². The molecule has 1 aliphatic rings. The quantitative estimate of drug-likeness (QED) is 0.820. The van der Waals surface area contributed by atoms with Crippen LogP contribution >= 0.6 is 11.8 Å². The Morgan fingerprint density at radius 1 is 1.69 bits per heavy atom. The van der Waals surface area contributed by atoms with E-state index in [0.29, 0.717) is 6.04 Å². The van der Waals surface area contributed by atoms with Gasteiger partial charge in [-0.15, -0.1) is 0 Å². The van der Waals surface area contributed by atoms with E-state index in [-0.39, 0.29) is 6.03 Å². The number of hydrogen-bond acceptors (Lipinski definition) is 3. The van der Waals surface area contributed by atoms with Crippen molar-refractivity contribution in [3.63, 3.8) is 0 Å². The van der Waals surface area contributed by atoms with Gasteiger partial charge in [-0.1, -0.05) is 0 Å². The lowest BCUT2D eigenvalue weighted by Gasteiger charge is -2.11. The van der Waals surface area contributed by atoms with Gasteiger partial charge in [0, 0.05) is 18.8 Å². The lowest BCUT2D eigenvalue weighted by atomic mass is 10.3. The summed E-state index contributed by atoms with van der Waals surface area (Å²) in [5.74, 6) is 2.15. The maximum absolute atomic E-state index is 11.7. The largest absolute Gasteiger partial charge is 0.334 e. The van der Waals surface area contributed by atoms with E-state index in [1.165, 1.54) is 0 Å². The molecule has 1 aromatic heterocycles. The number of carbonyl (C=O) groups is 1. The minimum absolute atomic E-state index is 0.136. The van der Waals surface area contributed by atoms with Crippen LogP contribution in [0, 0.1) is 6.92 Å². The maximum Gasteiger partial charge on any atom is 0.319 e. The third-order valence-corrected chi connectivity index (χ3v) is 3.91. The minimum Gasteiger partial charge on any atom is -0.334 e. The van der Waals surface area contributed by atoms with E-state index in [9.17, 15) is 4.79 Å². The lowest BCUT2D eigenvalue weighted by Crippen LogP contribution is -2.37. The lowest BCUT2D eigenvalue weighted by molar-refractivity contribution is 0.249. The molecule has 1 saturated heterocycles. The molecule has 88 valence electrons. The average molecular weight is 240 g/mol. The SMILES string of the molecule is Cc1c(NC(=O)N[C@@H]2CCSC2)cnn1C. The molecule has 5 nitrogen and oxygen atoms in total. The van der Waals surface area contributed by atoms with Gasteiger partial charge < -0.3 is 10.6 Å². The Bertz CT molecular complexity index is 384. The van der Waals surface area contributed by atoms with Gasteiger partial charge in [-0.2, -0.15) is 16.9 Å². The van der Waals surface area contributed by atoms with Crippen LogP contribution in [0.1, 0.15) is 12.1 Å². The number of amides is 2. The normalized spacial score (nSPS) is 19.8. The number of aryl methyl sites for hydroxylation is 1. The number of hydrogen-bond donors (Lipinski definition) is 2. The smallest absolute Gasteiger partial charge is 0.319 e. The van der Waals surface area contributed by atoms with Crippen LogP contribution < -0.4 is 10.6 Å². The van der Waals surface area contributed by atoms with E-state index in [4.69, 9.17) is 0 Å². The van der Waals surface area contributed by atoms with E-state index in [2.05, 4.69) is 15.7 Å². The molecule has 2 N–H and O–H groups in total. The number of urea groups is 1. The summed E-state index contributed by atoms with van der Waals surface area (Å²) >= 11 is 1.88. The van der Waals surface area contributed by atoms with Crippen molar-refractivity contribution in [3.8, 4) is 0 Å². The van der Waals surface area contributed by atoms with E-state index >= 15 is 0 Å². The monoisotopic (exact) mass is 240 g/mol. The number of rotatable bonds is 2. The van der Waals surface area contributed by atoms with Gasteiger partial charge >= 0.3 is 6.03 Å². The third kappa shape index (κ3) is 2.49. The van der Waals surface area contributed by atoms with E-state index < -0.39 is 0 Å². The molecule has 16 heavy (non-hydrogen) atoms. The summed E-state index contributed by atoms with van der Waals surface area (Å²) in [5.41, 5.74) is 1.72. The first kappa shape index (κ1) is 11.3. The van der Waals surface area contributed by atoms with Crippen LogP contribution in [0.3, 0.4) is 0 Å². The van der Waals surface area contributed by atoms with E-state index in [0.717, 1.165) is 29.3 Å². The van der Waals surface area contributed by atoms with Gasteiger partial charge in [-0.05, 0) is 19.1 Å². The number of nitrogens with one attached hydrogen (secondary N) is 2. The van der Waals surface area contributed by atoms with Gasteiger partial charge in [0.15, 0.2) is 0 Å². The first-order chi connectivity index (χ1) is 7.66. The van der Waals surface area contributed by atoms with Gasteiger partial charge in [0.1, 0.15) is 0 Å². The molecule has 0 bridgehead atoms. The maximum atomic E-state index is 11.7. The first-order valence-corrected chi connectivity index (χ1v) is 6.46. The molecule has 0 aromatic carbocycles. The molecule has 0 aliphatic carbocycles. The zero-order valence-electron chi connectivity index (χ0n) is 9.49. The highest BCUT2D eigenvalue weighted by atomic mass is 32.2. The fraction of sp³-hybridized carbons (Fsp3) is 0.600. The van der Waals surface area contributed by atoms with Crippen molar-refractivity contribution in [2.24, 2.45) is 7.05 Å². The highest BCUT2D eigenvalue weighted by molar-refractivity contribution is 7.99. The zero-order chi connectivity index (χ0) is 11.5. The summed E-state index contributed by atoms with van der Waals surface area (Å²) in [4.78, 5) is 11.7. The van der Waals surface area contributed by atoms with Gasteiger partial charge in [-0.3, -0.25) is 4.68 Å². The van der Waals surface area contributed by atoms with Crippen molar-refractivity contribution in [2.45, 2.75) is 19.4 Å². The second-order valence-corrected chi connectivity index (χ2v) is 5.08. The van der Waals surface area contributed by atoms with Crippen molar-refractivity contribution in [2.75, 3.05) is 16.8 Å². The Balaban J connectivity index is 1.89. The molecule has 0 unspecified atom stereocenters. The molecule has 2 rings (SSSR count). The molecule has 1 aromatic rings. The second-order valence-electron chi connectivity index (χ2n) is 3.93. The minimum atomic E-state index is -0.136. The summed E-state index contributed by atoms with van der Waals surface area (Å²) in [7, 11) is 1.85. The van der Waals surface area contributed by atoms with Crippen LogP contribution in [0.5, 0.6) is 0 Å². The van der Waals surface area contributed by atoms with Gasteiger partial charge in [0.25, 0.3) is 0 Å². The molecule has 1 fully saturated rings. The molecule has 1 atom stereocenters. The number of nitrogens with zero attached hydrogens (tertiary/aromatic N) is 2. The summed E-state index contributed by atoms with van der Waals surface area (Å²) in [6.07, 6.45) is 2.72. The number of carbonyl (C=O) groups excluding carboxylic acids is 1. The second kappa shape index (κ2) is 4.78. The fourth-order valence-corrected chi connectivity index (χ4v) is 2.77. The summed E-state index contributed by atoms with van der Waals surface area (Å²) in [5, 5.41) is 9.84. The van der Waals surface area contributed by atoms with Crippen LogP contribution in [-0.4, -0.2) is 33.4 Å². The molecule has 0 radical (unpaired) electrons. The molecule has 0 spiro atoms. The van der Waals surface area contributed by atoms with Crippen LogP contribution in [0.15, 0.2) is 6.20 Å². The topological polar surface area (TPSA) is 59.0 Å². The molecule has 6 heteroatoms. The molecule has 2 amide bonds. The Labute approximate surface area is 99.0 Å². The molecule has 1 aliphatic heterocycles. The van der Waals surface area contributed by atoms with Gasteiger partial charge in [0.2, 0.25) is 0 Å². The van der Waals surface area contributed by atoms with E-state index in [1.807, 2.05) is 25.7 Å². The van der Waals surface area contributed by atoms with Crippen LogP contribution in [0.25, 0.3) is 0 Å². The van der Waals surface area contributed by atoms with Crippen molar-refractivity contribution < 1.29 is 4.79 Å². The number of anilines is 1. The number of aromatic nitrogens is 2. The summed E-state index contributed by atoms with van der Waals surface area (Å²) in [6, 6.07) is 0.172. The van der Waals surface area contributed by atoms with Crippen LogP contribution in [0.4, 0.5) is 10.5 Å². The van der Waals surface area contributed by atoms with Crippen molar-refractivity contribution >= 4 is 23.5 Å². The molecular formula is C10H16N4OS. The summed E-state index contributed by atoms with van der Waals surface area (Å²) < 4.78 is 1.74. The first-order valence-electron chi connectivity index (χ1n) is 5.30. The average Bonchev–Trinajstić information content (AvgIpc) is 2.83. The third-order valence-electron chi connectivity index (χ3n) is 2.75. The Morgan fingerprint density at radius 3 is 3.06 bits per heavy atom. The Hall–Kier alpha value is -1.17. The predicted molar refractivity (Wildman–Crippen MR) is 65.8 cm³/mol. The van der Waals surface area contributed by atoms with Crippen molar-refractivity contribution in [3.05, 3.63) is 11.9 Å². The Morgan fingerprint density at radius 2 is 2.50 bits per heavy atom. The summed E-state index contributed by atoms with van der Waals surface area (Å²) in [6.45, 7) is 1.92. The number of thioether (sulfide) groups is 1. The molecular weight excluding hydrogens is 224 g/mol.